The SMILES string of the molecule is CC(C)Cc1c(OCC2=NCCN2)cccc1N1CCCC1=O. The Morgan fingerprint density at radius 2 is 2.26 bits per heavy atom. The van der Waals surface area contributed by atoms with Gasteiger partial charge in [-0.15, -0.1) is 0 Å². The van der Waals surface area contributed by atoms with E-state index in [1.165, 1.54) is 0 Å². The Morgan fingerprint density at radius 1 is 1.39 bits per heavy atom. The van der Waals surface area contributed by atoms with Gasteiger partial charge in [0.15, 0.2) is 0 Å². The topological polar surface area (TPSA) is 53.9 Å². The van der Waals surface area contributed by atoms with E-state index in [1.54, 1.807) is 0 Å². The van der Waals surface area contributed by atoms with Crippen LogP contribution in [0, 0.1) is 5.92 Å². The van der Waals surface area contributed by atoms with Crippen molar-refractivity contribution in [3.8, 4) is 5.75 Å². The van der Waals surface area contributed by atoms with Crippen molar-refractivity contribution in [1.82, 2.24) is 5.32 Å². The molecule has 0 atom stereocenters. The van der Waals surface area contributed by atoms with Crippen molar-refractivity contribution >= 4 is 17.4 Å². The Balaban J connectivity index is 1.86. The van der Waals surface area contributed by atoms with Gasteiger partial charge in [0.2, 0.25) is 5.91 Å². The molecule has 1 saturated heterocycles. The summed E-state index contributed by atoms with van der Waals surface area (Å²) in [6.07, 6.45) is 2.48. The van der Waals surface area contributed by atoms with Crippen LogP contribution in [-0.4, -0.2) is 38.0 Å². The van der Waals surface area contributed by atoms with Gasteiger partial charge in [-0.2, -0.15) is 0 Å². The molecule has 0 radical (unpaired) electrons. The van der Waals surface area contributed by atoms with Crippen LogP contribution in [-0.2, 0) is 11.2 Å². The van der Waals surface area contributed by atoms with E-state index in [9.17, 15) is 4.79 Å². The highest BCUT2D eigenvalue weighted by molar-refractivity contribution is 5.96. The zero-order valence-electron chi connectivity index (χ0n) is 14.0. The van der Waals surface area contributed by atoms with E-state index < -0.39 is 0 Å². The number of amidine groups is 1. The van der Waals surface area contributed by atoms with E-state index >= 15 is 0 Å². The predicted molar refractivity (Wildman–Crippen MR) is 92.4 cm³/mol. The first-order valence-electron chi connectivity index (χ1n) is 8.47. The number of nitrogens with one attached hydrogen (secondary N) is 1. The predicted octanol–water partition coefficient (Wildman–Crippen LogP) is 2.39. The molecule has 0 aliphatic carbocycles. The summed E-state index contributed by atoms with van der Waals surface area (Å²) in [5.74, 6) is 2.49. The maximum atomic E-state index is 12.1. The molecule has 0 aromatic heterocycles. The smallest absolute Gasteiger partial charge is 0.227 e. The van der Waals surface area contributed by atoms with Crippen molar-refractivity contribution in [2.45, 2.75) is 33.1 Å². The minimum atomic E-state index is 0.217. The fourth-order valence-electron chi connectivity index (χ4n) is 3.15. The summed E-state index contributed by atoms with van der Waals surface area (Å²) in [5.41, 5.74) is 2.15. The number of aliphatic imine (C=N–C) groups is 1. The second-order valence-corrected chi connectivity index (χ2v) is 6.54. The third-order valence-electron chi connectivity index (χ3n) is 4.19. The lowest BCUT2D eigenvalue weighted by Gasteiger charge is -2.23. The van der Waals surface area contributed by atoms with E-state index in [0.29, 0.717) is 18.9 Å². The van der Waals surface area contributed by atoms with Gasteiger partial charge in [0.1, 0.15) is 18.2 Å². The lowest BCUT2D eigenvalue weighted by molar-refractivity contribution is -0.117. The maximum Gasteiger partial charge on any atom is 0.227 e. The molecule has 0 unspecified atom stereocenters. The first-order valence-corrected chi connectivity index (χ1v) is 8.47. The van der Waals surface area contributed by atoms with Crippen LogP contribution in [0.25, 0.3) is 0 Å². The highest BCUT2D eigenvalue weighted by Gasteiger charge is 2.25. The number of nitrogens with zero attached hydrogens (tertiary/aromatic N) is 2. The van der Waals surface area contributed by atoms with Gasteiger partial charge in [-0.05, 0) is 30.9 Å². The molecule has 5 heteroatoms. The van der Waals surface area contributed by atoms with Crippen LogP contribution in [0.3, 0.4) is 0 Å². The van der Waals surface area contributed by atoms with Crippen molar-refractivity contribution in [2.24, 2.45) is 10.9 Å². The van der Waals surface area contributed by atoms with Gasteiger partial charge < -0.3 is 15.0 Å². The highest BCUT2D eigenvalue weighted by Crippen LogP contribution is 2.34. The van der Waals surface area contributed by atoms with Crippen molar-refractivity contribution in [2.75, 3.05) is 31.1 Å². The quantitative estimate of drug-likeness (QED) is 0.877. The number of amides is 1. The average Bonchev–Trinajstić information content (AvgIpc) is 3.17. The summed E-state index contributed by atoms with van der Waals surface area (Å²) in [6, 6.07) is 6.01. The van der Waals surface area contributed by atoms with Gasteiger partial charge >= 0.3 is 0 Å². The van der Waals surface area contributed by atoms with E-state index in [0.717, 1.165) is 55.3 Å². The van der Waals surface area contributed by atoms with Gasteiger partial charge in [0.25, 0.3) is 0 Å². The number of anilines is 1. The fraction of sp³-hybridized carbons (Fsp3) is 0.556. The van der Waals surface area contributed by atoms with Gasteiger partial charge in [-0.25, -0.2) is 0 Å². The Kier molecular flexibility index (Phi) is 4.84. The van der Waals surface area contributed by atoms with Crippen LogP contribution in [0.4, 0.5) is 5.69 Å². The average molecular weight is 315 g/mol. The summed E-state index contributed by atoms with van der Waals surface area (Å²) in [5, 5.41) is 3.22. The number of carbonyl (C=O) groups excluding carboxylic acids is 1. The second kappa shape index (κ2) is 7.02. The van der Waals surface area contributed by atoms with Crippen LogP contribution in [0.15, 0.2) is 23.2 Å². The normalized spacial score (nSPS) is 17.6. The standard InChI is InChI=1S/C18H25N3O2/c1-13(2)11-14-15(21-10-4-7-18(21)22)5-3-6-16(14)23-12-17-19-8-9-20-17/h3,5-6,13H,4,7-12H2,1-2H3,(H,19,20). The Hall–Kier alpha value is -2.04. The van der Waals surface area contributed by atoms with Crippen molar-refractivity contribution in [1.29, 1.82) is 0 Å². The molecular formula is C18H25N3O2. The molecule has 5 nitrogen and oxygen atoms in total. The van der Waals surface area contributed by atoms with Crippen LogP contribution in [0.1, 0.15) is 32.3 Å². The molecule has 23 heavy (non-hydrogen) atoms. The van der Waals surface area contributed by atoms with E-state index in [4.69, 9.17) is 4.74 Å². The molecule has 0 bridgehead atoms. The van der Waals surface area contributed by atoms with Gasteiger partial charge in [-0.3, -0.25) is 9.79 Å². The van der Waals surface area contributed by atoms with Gasteiger partial charge in [0, 0.05) is 25.1 Å². The van der Waals surface area contributed by atoms with Crippen molar-refractivity contribution in [3.63, 3.8) is 0 Å². The van der Waals surface area contributed by atoms with Crippen molar-refractivity contribution < 1.29 is 9.53 Å². The van der Waals surface area contributed by atoms with E-state index in [2.05, 4.69) is 24.2 Å². The molecule has 1 aromatic rings. The Morgan fingerprint density at radius 3 is 2.91 bits per heavy atom. The maximum absolute atomic E-state index is 12.1. The van der Waals surface area contributed by atoms with Crippen molar-refractivity contribution in [3.05, 3.63) is 23.8 Å². The lowest BCUT2D eigenvalue weighted by Crippen LogP contribution is -2.27. The number of benzene rings is 1. The zero-order chi connectivity index (χ0) is 16.2. The molecule has 0 saturated carbocycles. The number of hydrogen-bond donors (Lipinski definition) is 1. The largest absolute Gasteiger partial charge is 0.485 e. The van der Waals surface area contributed by atoms with Gasteiger partial charge in [0.05, 0.1) is 12.2 Å². The first kappa shape index (κ1) is 15.8. The summed E-state index contributed by atoms with van der Waals surface area (Å²) in [4.78, 5) is 18.4. The molecule has 2 heterocycles. The van der Waals surface area contributed by atoms with Gasteiger partial charge in [-0.1, -0.05) is 19.9 Å². The Bertz CT molecular complexity index is 610. The second-order valence-electron chi connectivity index (χ2n) is 6.54. The highest BCUT2D eigenvalue weighted by atomic mass is 16.5. The number of rotatable bonds is 6. The Labute approximate surface area is 137 Å². The molecule has 2 aliphatic rings. The molecule has 2 aliphatic heterocycles. The molecule has 0 spiro atoms. The van der Waals surface area contributed by atoms with Crippen LogP contribution >= 0.6 is 0 Å². The fourth-order valence-corrected chi connectivity index (χ4v) is 3.15. The molecule has 1 aromatic carbocycles. The van der Waals surface area contributed by atoms with Crippen LogP contribution in [0.2, 0.25) is 0 Å². The monoisotopic (exact) mass is 315 g/mol. The summed E-state index contributed by atoms with van der Waals surface area (Å²) >= 11 is 0. The molecule has 1 fully saturated rings. The third-order valence-corrected chi connectivity index (χ3v) is 4.19. The number of carbonyl (C=O) groups is 1. The lowest BCUT2D eigenvalue weighted by atomic mass is 9.99. The molecule has 1 N–H and O–H groups in total. The molecule has 1 amide bonds. The molecule has 124 valence electrons. The molecule has 3 rings (SSSR count). The summed E-state index contributed by atoms with van der Waals surface area (Å²) < 4.78 is 6.03. The minimum Gasteiger partial charge on any atom is -0.485 e. The zero-order valence-corrected chi connectivity index (χ0v) is 14.0. The van der Waals surface area contributed by atoms with E-state index in [1.807, 2.05) is 23.1 Å². The summed E-state index contributed by atoms with van der Waals surface area (Å²) in [7, 11) is 0. The minimum absolute atomic E-state index is 0.217. The number of ether oxygens (including phenoxy) is 1. The molecular weight excluding hydrogens is 290 g/mol. The third kappa shape index (κ3) is 3.66. The van der Waals surface area contributed by atoms with E-state index in [-0.39, 0.29) is 5.91 Å². The summed E-state index contributed by atoms with van der Waals surface area (Å²) in [6.45, 7) is 7.35. The van der Waals surface area contributed by atoms with Crippen LogP contribution < -0.4 is 15.0 Å². The first-order chi connectivity index (χ1) is 11.1. The van der Waals surface area contributed by atoms with Crippen LogP contribution in [0.5, 0.6) is 5.75 Å². The number of hydrogen-bond acceptors (Lipinski definition) is 4.